The van der Waals surface area contributed by atoms with Crippen molar-refractivity contribution >= 4 is 16.0 Å². The fraction of sp³-hybridized carbons (Fsp3) is 0.0909. The van der Waals surface area contributed by atoms with E-state index in [0.29, 0.717) is 0 Å². The van der Waals surface area contributed by atoms with Gasteiger partial charge in [0.2, 0.25) is 0 Å². The minimum atomic E-state index is -4.18. The van der Waals surface area contributed by atoms with Gasteiger partial charge in [-0.15, -0.1) is 0 Å². The van der Waals surface area contributed by atoms with Crippen LogP contribution in [-0.2, 0) is 16.6 Å². The van der Waals surface area contributed by atoms with Crippen molar-refractivity contribution in [2.45, 2.75) is 11.6 Å². The number of nitrogens with zero attached hydrogens (tertiary/aromatic N) is 1. The molecule has 21 heavy (non-hydrogen) atoms. The van der Waals surface area contributed by atoms with E-state index in [1.165, 1.54) is 6.07 Å². The predicted octanol–water partition coefficient (Wildman–Crippen LogP) is 0.865. The molecule has 0 saturated heterocycles. The minimum absolute atomic E-state index is 0.175. The van der Waals surface area contributed by atoms with Gasteiger partial charge in [-0.1, -0.05) is 6.07 Å². The predicted molar refractivity (Wildman–Crippen MR) is 65.9 cm³/mol. The number of halogens is 2. The highest BCUT2D eigenvalue weighted by atomic mass is 32.2. The van der Waals surface area contributed by atoms with Crippen LogP contribution in [0.1, 0.15) is 15.9 Å². The zero-order chi connectivity index (χ0) is 15.6. The van der Waals surface area contributed by atoms with E-state index in [1.54, 1.807) is 0 Å². The van der Waals surface area contributed by atoms with Gasteiger partial charge < -0.3 is 5.11 Å². The smallest absolute Gasteiger partial charge is 0.340 e. The number of carboxylic acid groups (broad SMARTS) is 1. The summed E-state index contributed by atoms with van der Waals surface area (Å²) in [4.78, 5) is 10.8. The Balaban J connectivity index is 2.20. The lowest BCUT2D eigenvalue weighted by atomic mass is 10.2. The van der Waals surface area contributed by atoms with Crippen molar-refractivity contribution in [1.82, 2.24) is 14.9 Å². The number of aromatic nitrogens is 2. The second kappa shape index (κ2) is 5.58. The largest absolute Gasteiger partial charge is 0.478 e. The molecule has 0 saturated carbocycles. The molecule has 0 atom stereocenters. The first-order chi connectivity index (χ1) is 9.81. The summed E-state index contributed by atoms with van der Waals surface area (Å²) < 4.78 is 51.7. The summed E-state index contributed by atoms with van der Waals surface area (Å²) in [6.45, 7) is -0.336. The number of carboxylic acids is 1. The number of carbonyl (C=O) groups is 1. The van der Waals surface area contributed by atoms with E-state index in [-0.39, 0.29) is 12.1 Å². The maximum absolute atomic E-state index is 13.0. The van der Waals surface area contributed by atoms with Crippen LogP contribution >= 0.6 is 0 Å². The van der Waals surface area contributed by atoms with Gasteiger partial charge >= 0.3 is 5.97 Å². The third-order valence-corrected chi connectivity index (χ3v) is 3.93. The van der Waals surface area contributed by atoms with Crippen LogP contribution in [0.4, 0.5) is 8.78 Å². The Labute approximate surface area is 117 Å². The SMILES string of the molecule is O=C(O)c1cn[nH]c1S(=O)(=O)NCc1ccc(F)c(F)c1. The highest BCUT2D eigenvalue weighted by molar-refractivity contribution is 7.89. The molecule has 0 aliphatic heterocycles. The first-order valence-corrected chi connectivity index (χ1v) is 7.00. The molecule has 0 aliphatic rings. The molecule has 0 fully saturated rings. The van der Waals surface area contributed by atoms with E-state index >= 15 is 0 Å². The van der Waals surface area contributed by atoms with E-state index in [9.17, 15) is 22.0 Å². The summed E-state index contributed by atoms with van der Waals surface area (Å²) in [5.41, 5.74) is -0.346. The van der Waals surface area contributed by atoms with E-state index in [2.05, 4.69) is 14.9 Å². The average molecular weight is 317 g/mol. The third kappa shape index (κ3) is 3.23. The van der Waals surface area contributed by atoms with Gasteiger partial charge in [-0.3, -0.25) is 5.10 Å². The number of benzene rings is 1. The van der Waals surface area contributed by atoms with Gasteiger partial charge in [-0.05, 0) is 17.7 Å². The summed E-state index contributed by atoms with van der Waals surface area (Å²) >= 11 is 0. The highest BCUT2D eigenvalue weighted by Gasteiger charge is 2.24. The average Bonchev–Trinajstić information content (AvgIpc) is 2.90. The Hall–Kier alpha value is -2.33. The molecular weight excluding hydrogens is 308 g/mol. The zero-order valence-corrected chi connectivity index (χ0v) is 11.1. The number of H-pyrrole nitrogens is 1. The summed E-state index contributed by atoms with van der Waals surface area (Å²) in [6.07, 6.45) is 0.856. The van der Waals surface area contributed by atoms with Crippen LogP contribution in [0.5, 0.6) is 0 Å². The maximum atomic E-state index is 13.0. The lowest BCUT2D eigenvalue weighted by Crippen LogP contribution is -2.25. The number of hydrogen-bond donors (Lipinski definition) is 3. The number of aromatic amines is 1. The first kappa shape index (κ1) is 15.1. The van der Waals surface area contributed by atoms with Crippen LogP contribution in [0.3, 0.4) is 0 Å². The fourth-order valence-corrected chi connectivity index (χ4v) is 2.64. The summed E-state index contributed by atoms with van der Waals surface area (Å²) in [5.74, 6) is -3.63. The maximum Gasteiger partial charge on any atom is 0.340 e. The van der Waals surface area contributed by atoms with E-state index < -0.39 is 38.2 Å². The van der Waals surface area contributed by atoms with Gasteiger partial charge in [0.1, 0.15) is 5.56 Å². The third-order valence-electron chi connectivity index (χ3n) is 2.55. The first-order valence-electron chi connectivity index (χ1n) is 5.51. The molecule has 0 radical (unpaired) electrons. The molecule has 1 aromatic carbocycles. The molecule has 0 aliphatic carbocycles. The summed E-state index contributed by atoms with van der Waals surface area (Å²) in [7, 11) is -4.18. The standard InChI is InChI=1S/C11H9F2N3O4S/c12-8-2-1-6(3-9(8)13)4-15-21(19,20)10-7(11(17)18)5-14-16-10/h1-3,5,15H,4H2,(H,14,16)(H,17,18). The van der Waals surface area contributed by atoms with E-state index in [1.807, 2.05) is 0 Å². The van der Waals surface area contributed by atoms with Crippen LogP contribution in [-0.4, -0.2) is 29.7 Å². The molecule has 112 valence electrons. The number of rotatable bonds is 5. The van der Waals surface area contributed by atoms with Crippen molar-refractivity contribution in [1.29, 1.82) is 0 Å². The molecule has 2 aromatic rings. The van der Waals surface area contributed by atoms with Crippen molar-refractivity contribution in [3.05, 3.63) is 47.2 Å². The molecule has 3 N–H and O–H groups in total. The molecule has 10 heteroatoms. The van der Waals surface area contributed by atoms with Crippen LogP contribution in [0.15, 0.2) is 29.4 Å². The van der Waals surface area contributed by atoms with Gasteiger partial charge in [0.25, 0.3) is 10.0 Å². The topological polar surface area (TPSA) is 112 Å². The number of sulfonamides is 1. The Kier molecular flexibility index (Phi) is 4.00. The lowest BCUT2D eigenvalue weighted by molar-refractivity contribution is 0.0692. The number of hydrogen-bond acceptors (Lipinski definition) is 4. The second-order valence-corrected chi connectivity index (χ2v) is 5.69. The van der Waals surface area contributed by atoms with Crippen LogP contribution in [0.25, 0.3) is 0 Å². The van der Waals surface area contributed by atoms with Crippen LogP contribution in [0, 0.1) is 11.6 Å². The summed E-state index contributed by atoms with van der Waals surface area (Å²) in [5, 5.41) is 13.6. The number of aromatic carboxylic acids is 1. The molecule has 2 rings (SSSR count). The monoisotopic (exact) mass is 317 g/mol. The molecule has 1 aromatic heterocycles. The Morgan fingerprint density at radius 1 is 1.33 bits per heavy atom. The Morgan fingerprint density at radius 2 is 2.05 bits per heavy atom. The van der Waals surface area contributed by atoms with Crippen molar-refractivity contribution in [3.8, 4) is 0 Å². The molecule has 0 bridgehead atoms. The molecule has 7 nitrogen and oxygen atoms in total. The Morgan fingerprint density at radius 3 is 2.67 bits per heavy atom. The van der Waals surface area contributed by atoms with Gasteiger partial charge in [0, 0.05) is 6.54 Å². The van der Waals surface area contributed by atoms with Crippen molar-refractivity contribution in [2.75, 3.05) is 0 Å². The zero-order valence-electron chi connectivity index (χ0n) is 10.3. The second-order valence-electron chi connectivity index (χ2n) is 3.99. The molecule has 1 heterocycles. The molecule has 0 amide bonds. The number of nitrogens with one attached hydrogen (secondary N) is 2. The lowest BCUT2D eigenvalue weighted by Gasteiger charge is -2.06. The summed E-state index contributed by atoms with van der Waals surface area (Å²) in [6, 6.07) is 2.90. The van der Waals surface area contributed by atoms with Crippen molar-refractivity contribution < 1.29 is 27.1 Å². The van der Waals surface area contributed by atoms with E-state index in [4.69, 9.17) is 5.11 Å². The van der Waals surface area contributed by atoms with Crippen molar-refractivity contribution in [2.24, 2.45) is 0 Å². The quantitative estimate of drug-likeness (QED) is 0.757. The van der Waals surface area contributed by atoms with E-state index in [0.717, 1.165) is 18.3 Å². The fourth-order valence-electron chi connectivity index (χ4n) is 1.53. The van der Waals surface area contributed by atoms with Crippen LogP contribution < -0.4 is 4.72 Å². The van der Waals surface area contributed by atoms with Gasteiger partial charge in [0.05, 0.1) is 6.20 Å². The minimum Gasteiger partial charge on any atom is -0.478 e. The van der Waals surface area contributed by atoms with Gasteiger partial charge in [0.15, 0.2) is 16.7 Å². The molecular formula is C11H9F2N3O4S. The highest BCUT2D eigenvalue weighted by Crippen LogP contribution is 2.13. The normalized spacial score (nSPS) is 11.5. The van der Waals surface area contributed by atoms with Gasteiger partial charge in [-0.2, -0.15) is 5.10 Å². The Bertz CT molecular complexity index is 789. The molecule has 0 unspecified atom stereocenters. The van der Waals surface area contributed by atoms with Crippen LogP contribution in [0.2, 0.25) is 0 Å². The molecule has 0 spiro atoms. The van der Waals surface area contributed by atoms with Gasteiger partial charge in [-0.25, -0.2) is 26.7 Å². The van der Waals surface area contributed by atoms with Crippen molar-refractivity contribution in [3.63, 3.8) is 0 Å².